The van der Waals surface area contributed by atoms with Crippen molar-refractivity contribution >= 4 is 52.5 Å². The van der Waals surface area contributed by atoms with E-state index >= 15 is 0 Å². The van der Waals surface area contributed by atoms with Gasteiger partial charge < -0.3 is 58.1 Å². The van der Waals surface area contributed by atoms with E-state index in [4.69, 9.17) is 27.2 Å². The molecule has 77 heavy (non-hydrogen) atoms. The molecule has 4 saturated heterocycles. The van der Waals surface area contributed by atoms with Crippen molar-refractivity contribution in [2.45, 2.75) is 177 Å². The monoisotopic (exact) mass is 1050 g/mol. The Balaban J connectivity index is 0.000000179. The summed E-state index contributed by atoms with van der Waals surface area (Å²) in [6, 6.07) is 19.0. The number of nitrogens with two attached hydrogens (primary N) is 3. The van der Waals surface area contributed by atoms with Crippen LogP contribution in [0.2, 0.25) is 0 Å². The molecule has 2 aromatic heterocycles. The number of hydrogen-bond donors (Lipinski definition) is 7. The summed E-state index contributed by atoms with van der Waals surface area (Å²) < 4.78 is 0. The molecule has 0 radical (unpaired) electrons. The fourth-order valence-electron chi connectivity index (χ4n) is 13.5. The first-order valence-corrected chi connectivity index (χ1v) is 29.5. The van der Waals surface area contributed by atoms with Gasteiger partial charge in [-0.05, 0) is 163 Å². The van der Waals surface area contributed by atoms with E-state index < -0.39 is 11.8 Å². The van der Waals surface area contributed by atoms with E-state index in [0.717, 1.165) is 81.6 Å². The van der Waals surface area contributed by atoms with Crippen molar-refractivity contribution in [2.75, 3.05) is 72.8 Å². The van der Waals surface area contributed by atoms with Gasteiger partial charge in [0.25, 0.3) is 11.8 Å². The predicted octanol–water partition coefficient (Wildman–Crippen LogP) is 8.41. The van der Waals surface area contributed by atoms with E-state index in [2.05, 4.69) is 99.4 Å². The zero-order valence-corrected chi connectivity index (χ0v) is 45.4. The fourth-order valence-corrected chi connectivity index (χ4v) is 13.5. The summed E-state index contributed by atoms with van der Waals surface area (Å²) in [5.74, 6) is 2.10. The van der Waals surface area contributed by atoms with Crippen molar-refractivity contribution in [1.29, 1.82) is 0 Å². The molecule has 3 aliphatic carbocycles. The van der Waals surface area contributed by atoms with Gasteiger partial charge in [-0.1, -0.05) is 69.2 Å². The number of piperidine rings is 4. The lowest BCUT2D eigenvalue weighted by Crippen LogP contribution is -2.52. The first kappa shape index (κ1) is 54.3. The lowest BCUT2D eigenvalue weighted by atomic mass is 9.88. The number of urea groups is 1. The molecule has 10 N–H and O–H groups in total. The van der Waals surface area contributed by atoms with Crippen molar-refractivity contribution in [3.8, 4) is 0 Å². The van der Waals surface area contributed by atoms with Gasteiger partial charge >= 0.3 is 6.03 Å². The Labute approximate surface area is 455 Å². The maximum absolute atomic E-state index is 12.7. The number of benzene rings is 2. The van der Waals surface area contributed by atoms with Crippen LogP contribution in [0.15, 0.2) is 60.9 Å². The van der Waals surface area contributed by atoms with Crippen LogP contribution in [0.1, 0.15) is 179 Å². The van der Waals surface area contributed by atoms with Crippen molar-refractivity contribution in [1.82, 2.24) is 40.4 Å². The van der Waals surface area contributed by atoms with E-state index in [0.29, 0.717) is 41.7 Å². The molecule has 7 fully saturated rings. The molecule has 2 aromatic carbocycles. The second-order valence-corrected chi connectivity index (χ2v) is 23.2. The Morgan fingerprint density at radius 1 is 0.468 bits per heavy atom. The molecule has 7 aliphatic rings. The van der Waals surface area contributed by atoms with E-state index in [-0.39, 0.29) is 35.5 Å². The molecule has 0 bridgehead atoms. The molecule has 18 nitrogen and oxygen atoms in total. The Morgan fingerprint density at radius 3 is 1.34 bits per heavy atom. The second kappa shape index (κ2) is 26.0. The van der Waals surface area contributed by atoms with Gasteiger partial charge in [-0.3, -0.25) is 9.59 Å². The molecule has 0 unspecified atom stereocenters. The molecular weight excluding hydrogens is 967 g/mol. The third-order valence-corrected chi connectivity index (χ3v) is 17.8. The first-order valence-electron chi connectivity index (χ1n) is 29.5. The van der Waals surface area contributed by atoms with E-state index in [1.807, 2.05) is 0 Å². The minimum atomic E-state index is -0.621. The highest BCUT2D eigenvalue weighted by molar-refractivity contribution is 5.97. The van der Waals surface area contributed by atoms with Gasteiger partial charge in [0, 0.05) is 67.8 Å². The summed E-state index contributed by atoms with van der Waals surface area (Å²) in [7, 11) is 0. The number of aromatic nitrogens is 4. The zero-order valence-electron chi connectivity index (χ0n) is 45.4. The zero-order chi connectivity index (χ0) is 53.1. The van der Waals surface area contributed by atoms with E-state index in [1.54, 1.807) is 12.4 Å². The van der Waals surface area contributed by atoms with Crippen LogP contribution in [-0.2, 0) is 0 Å². The third-order valence-electron chi connectivity index (χ3n) is 17.8. The van der Waals surface area contributed by atoms with Crippen LogP contribution >= 0.6 is 0 Å². The van der Waals surface area contributed by atoms with Gasteiger partial charge in [0.15, 0.2) is 23.0 Å². The number of carbonyl (C=O) groups is 3. The number of rotatable bonds is 14. The van der Waals surface area contributed by atoms with E-state index in [9.17, 15) is 14.4 Å². The number of hydrogen-bond acceptors (Lipinski definition) is 14. The maximum atomic E-state index is 12.7. The quantitative estimate of drug-likeness (QED) is 0.0628. The largest absolute Gasteiger partial charge is 0.364 e. The number of nitrogens with one attached hydrogen (secondary N) is 4. The van der Waals surface area contributed by atoms with Crippen LogP contribution < -0.4 is 48.3 Å². The van der Waals surface area contributed by atoms with Crippen molar-refractivity contribution in [3.05, 3.63) is 83.4 Å². The van der Waals surface area contributed by atoms with Gasteiger partial charge in [0.2, 0.25) is 0 Å². The summed E-state index contributed by atoms with van der Waals surface area (Å²) in [4.78, 5) is 64.7. The second-order valence-electron chi connectivity index (χ2n) is 23.2. The molecule has 3 saturated carbocycles. The number of amides is 4. The molecule has 4 aromatic rings. The topological polar surface area (TPSA) is 242 Å². The molecule has 414 valence electrons. The van der Waals surface area contributed by atoms with Crippen molar-refractivity contribution in [3.63, 3.8) is 0 Å². The lowest BCUT2D eigenvalue weighted by Gasteiger charge is -2.36. The molecule has 2 atom stereocenters. The van der Waals surface area contributed by atoms with Crippen LogP contribution in [0, 0.1) is 0 Å². The molecule has 4 aliphatic heterocycles. The van der Waals surface area contributed by atoms with Crippen molar-refractivity contribution in [2.24, 2.45) is 17.2 Å². The Morgan fingerprint density at radius 2 is 0.883 bits per heavy atom. The van der Waals surface area contributed by atoms with Gasteiger partial charge in [0.1, 0.15) is 11.6 Å². The van der Waals surface area contributed by atoms with Gasteiger partial charge in [-0.25, -0.2) is 24.7 Å². The highest BCUT2D eigenvalue weighted by Gasteiger charge is 2.31. The van der Waals surface area contributed by atoms with Gasteiger partial charge in [-0.15, -0.1) is 0 Å². The first-order chi connectivity index (χ1) is 37.6. The Hall–Kier alpha value is -6.11. The molecular formula is C59H85N15O3. The Kier molecular flexibility index (Phi) is 18.3. The highest BCUT2D eigenvalue weighted by atomic mass is 16.2. The maximum Gasteiger partial charge on any atom is 0.315 e. The predicted molar refractivity (Wildman–Crippen MR) is 305 cm³/mol. The summed E-state index contributed by atoms with van der Waals surface area (Å²) in [5, 5.41) is 12.9. The van der Waals surface area contributed by atoms with Crippen molar-refractivity contribution < 1.29 is 14.4 Å². The number of likely N-dealkylation sites (tertiary alicyclic amines) is 2. The summed E-state index contributed by atoms with van der Waals surface area (Å²) in [6.07, 6.45) is 28.8. The lowest BCUT2D eigenvalue weighted by molar-refractivity contribution is 0.0987. The summed E-state index contributed by atoms with van der Waals surface area (Å²) in [6.45, 7) is 7.86. The SMILES string of the molecule is NC(=O)c1ncc(N2CCC[C@@H](N)C2)nc1Nc1ccc(C2CCN(C3CCCC3)CC2)cc1.NC(=O)c1ncc(N2CCC[C@@H](NC(=O)NC3CCCCC3)C2)nc1Nc1ccc(C2CCN(C3CCCC3)CC2)cc1. The normalized spacial score (nSPS) is 22.8. The van der Waals surface area contributed by atoms with Crippen LogP contribution in [0.25, 0.3) is 0 Å². The van der Waals surface area contributed by atoms with E-state index in [1.165, 1.54) is 134 Å². The number of nitrogens with zero attached hydrogens (tertiary/aromatic N) is 8. The molecule has 11 rings (SSSR count). The molecule has 4 amide bonds. The number of anilines is 6. The number of carbonyl (C=O) groups excluding carboxylic acids is 3. The fraction of sp³-hybridized carbons (Fsp3) is 0.610. The minimum Gasteiger partial charge on any atom is -0.364 e. The summed E-state index contributed by atoms with van der Waals surface area (Å²) in [5.41, 5.74) is 22.1. The van der Waals surface area contributed by atoms with Crippen LogP contribution in [-0.4, -0.2) is 130 Å². The Bertz CT molecular complexity index is 2570. The smallest absolute Gasteiger partial charge is 0.315 e. The minimum absolute atomic E-state index is 0.0175. The van der Waals surface area contributed by atoms with Gasteiger partial charge in [0.05, 0.1) is 12.4 Å². The van der Waals surface area contributed by atoms with Gasteiger partial charge in [-0.2, -0.15) is 0 Å². The van der Waals surface area contributed by atoms with Crippen LogP contribution in [0.5, 0.6) is 0 Å². The summed E-state index contributed by atoms with van der Waals surface area (Å²) >= 11 is 0. The van der Waals surface area contributed by atoms with Crippen LogP contribution in [0.4, 0.5) is 39.4 Å². The number of primary amides is 2. The highest BCUT2D eigenvalue weighted by Crippen LogP contribution is 2.36. The molecule has 18 heteroatoms. The average molecular weight is 1050 g/mol. The van der Waals surface area contributed by atoms with Crippen LogP contribution in [0.3, 0.4) is 0 Å². The average Bonchev–Trinajstić information content (AvgIpc) is 4.22. The standard InChI is InChI=1S/C33H48N8O2.C26H37N7O/c34-31(42)30-32(36-26-14-12-23(13-15-26)24-16-19-40(20-17-24)28-10-4-5-11-28)39-29(21-35-30)41-18-6-9-27(22-41)38-33(43)37-25-7-2-1-3-8-25;27-20-4-3-13-33(17-20)23-16-29-24(25(28)34)26(31-23)30-21-9-7-18(8-10-21)19-11-14-32(15-12-19)22-5-1-2-6-22/h12-15,21,24-25,27-28H,1-11,16-20,22H2,(H2,34,42)(H,36,39)(H2,37,38,43);7-10,16,19-20,22H,1-6,11-15,17,27H2,(H2,28,34)(H,30,31)/t27-;20-/m11/s1. The molecule has 6 heterocycles. The third kappa shape index (κ3) is 14.3. The molecule has 0 spiro atoms.